The van der Waals surface area contributed by atoms with Gasteiger partial charge in [-0.15, -0.1) is 0 Å². The molecule has 0 unspecified atom stereocenters. The van der Waals surface area contributed by atoms with Crippen LogP contribution in [0.25, 0.3) is 10.9 Å². The molecule has 23 heavy (non-hydrogen) atoms. The first-order valence-electron chi connectivity index (χ1n) is 7.40. The second-order valence-electron chi connectivity index (χ2n) is 5.79. The maximum Gasteiger partial charge on any atom is 0.254 e. The average molecular weight is 320 g/mol. The third-order valence-electron chi connectivity index (χ3n) is 4.28. The van der Waals surface area contributed by atoms with Gasteiger partial charge in [-0.05, 0) is 24.6 Å². The monoisotopic (exact) mass is 320 g/mol. The summed E-state index contributed by atoms with van der Waals surface area (Å²) in [6, 6.07) is 5.03. The third kappa shape index (κ3) is 2.97. The minimum atomic E-state index is -0.802. The van der Waals surface area contributed by atoms with Gasteiger partial charge in [-0.25, -0.2) is 4.39 Å². The Labute approximate surface area is 131 Å². The van der Waals surface area contributed by atoms with E-state index < -0.39 is 17.5 Å². The Kier molecular flexibility index (Phi) is 4.14. The topological polar surface area (TPSA) is 93.6 Å². The number of hydrogen-bond acceptors (Lipinski definition) is 4. The van der Waals surface area contributed by atoms with Crippen LogP contribution in [0.15, 0.2) is 29.1 Å². The molecule has 1 aliphatic rings. The number of rotatable bonds is 2. The fraction of sp³-hybridized carbons (Fsp3) is 0.375. The average Bonchev–Trinajstić information content (AvgIpc) is 2.52. The molecule has 3 N–H and O–H groups in total. The molecular formula is C16H17FN2O4. The summed E-state index contributed by atoms with van der Waals surface area (Å²) >= 11 is 0. The Morgan fingerprint density at radius 1 is 1.39 bits per heavy atom. The molecule has 2 aromatic rings. The molecule has 0 aliphatic carbocycles. The fourth-order valence-corrected chi connectivity index (χ4v) is 2.96. The Balaban J connectivity index is 1.97. The number of halogens is 1. The predicted molar refractivity (Wildman–Crippen MR) is 81.6 cm³/mol. The number of aliphatic hydroxyl groups excluding tert-OH is 2. The van der Waals surface area contributed by atoms with Gasteiger partial charge in [0.05, 0.1) is 17.2 Å². The van der Waals surface area contributed by atoms with E-state index in [1.165, 1.54) is 29.2 Å². The molecule has 1 saturated heterocycles. The van der Waals surface area contributed by atoms with E-state index in [0.717, 1.165) is 0 Å². The van der Waals surface area contributed by atoms with E-state index in [4.69, 9.17) is 5.11 Å². The van der Waals surface area contributed by atoms with Crippen molar-refractivity contribution in [2.45, 2.75) is 12.5 Å². The van der Waals surface area contributed by atoms with Gasteiger partial charge in [0.25, 0.3) is 5.91 Å². The van der Waals surface area contributed by atoms with Crippen molar-refractivity contribution >= 4 is 16.8 Å². The number of aliphatic hydroxyl groups is 2. The van der Waals surface area contributed by atoms with E-state index in [1.54, 1.807) is 0 Å². The zero-order chi connectivity index (χ0) is 16.6. The molecule has 3 rings (SSSR count). The summed E-state index contributed by atoms with van der Waals surface area (Å²) in [4.78, 5) is 28.4. The van der Waals surface area contributed by atoms with Crippen molar-refractivity contribution in [3.05, 3.63) is 46.0 Å². The maximum absolute atomic E-state index is 13.3. The lowest BCUT2D eigenvalue weighted by Gasteiger charge is -2.35. The van der Waals surface area contributed by atoms with Crippen molar-refractivity contribution in [1.29, 1.82) is 0 Å². The van der Waals surface area contributed by atoms with Crippen LogP contribution in [0.2, 0.25) is 0 Å². The molecular weight excluding hydrogens is 303 g/mol. The number of aromatic amines is 1. The first-order chi connectivity index (χ1) is 11.0. The van der Waals surface area contributed by atoms with Crippen LogP contribution in [0.4, 0.5) is 4.39 Å². The van der Waals surface area contributed by atoms with Crippen molar-refractivity contribution in [2.75, 3.05) is 19.7 Å². The van der Waals surface area contributed by atoms with Crippen molar-refractivity contribution in [3.63, 3.8) is 0 Å². The molecule has 0 bridgehead atoms. The summed E-state index contributed by atoms with van der Waals surface area (Å²) < 4.78 is 13.3. The molecule has 1 aliphatic heterocycles. The molecule has 1 amide bonds. The number of pyridine rings is 1. The van der Waals surface area contributed by atoms with E-state index in [9.17, 15) is 19.1 Å². The highest BCUT2D eigenvalue weighted by Crippen LogP contribution is 2.22. The largest absolute Gasteiger partial charge is 0.396 e. The Bertz CT molecular complexity index is 804. The van der Waals surface area contributed by atoms with Crippen LogP contribution in [0, 0.1) is 11.7 Å². The van der Waals surface area contributed by atoms with Gasteiger partial charge in [-0.3, -0.25) is 9.59 Å². The lowest BCUT2D eigenvalue weighted by molar-refractivity contribution is 0.000945. The minimum absolute atomic E-state index is 0.0968. The second kappa shape index (κ2) is 6.10. The molecule has 1 aromatic carbocycles. The van der Waals surface area contributed by atoms with Crippen molar-refractivity contribution < 1.29 is 19.4 Å². The molecule has 0 radical (unpaired) electrons. The number of β-amino-alcohol motifs (C(OH)–C–C–N with tert-alkyl or cyclic N) is 1. The molecule has 6 nitrogen and oxygen atoms in total. The number of H-pyrrole nitrogens is 1. The summed E-state index contributed by atoms with van der Waals surface area (Å²) in [5, 5.41) is 19.6. The zero-order valence-corrected chi connectivity index (χ0v) is 12.3. The summed E-state index contributed by atoms with van der Waals surface area (Å²) in [6.07, 6.45) is -0.317. The number of likely N-dealkylation sites (tertiary alicyclic amines) is 1. The van der Waals surface area contributed by atoms with Gasteiger partial charge in [-0.2, -0.15) is 0 Å². The number of nitrogens with one attached hydrogen (secondary N) is 1. The van der Waals surface area contributed by atoms with Gasteiger partial charge in [0.1, 0.15) is 5.82 Å². The highest BCUT2D eigenvalue weighted by atomic mass is 19.1. The van der Waals surface area contributed by atoms with Gasteiger partial charge in [-0.1, -0.05) is 0 Å². The third-order valence-corrected chi connectivity index (χ3v) is 4.28. The smallest absolute Gasteiger partial charge is 0.254 e. The second-order valence-corrected chi connectivity index (χ2v) is 5.79. The number of piperidine rings is 1. The normalized spacial score (nSPS) is 21.6. The highest BCUT2D eigenvalue weighted by molar-refractivity contribution is 6.06. The number of benzene rings is 1. The van der Waals surface area contributed by atoms with Gasteiger partial charge in [0, 0.05) is 37.1 Å². The van der Waals surface area contributed by atoms with Crippen LogP contribution in [0.5, 0.6) is 0 Å². The highest BCUT2D eigenvalue weighted by Gasteiger charge is 2.30. The first kappa shape index (κ1) is 15.6. The van der Waals surface area contributed by atoms with Crippen LogP contribution in [0.3, 0.4) is 0 Å². The van der Waals surface area contributed by atoms with Crippen molar-refractivity contribution in [3.8, 4) is 0 Å². The van der Waals surface area contributed by atoms with E-state index in [-0.39, 0.29) is 36.1 Å². The van der Waals surface area contributed by atoms with Crippen molar-refractivity contribution in [2.24, 2.45) is 5.92 Å². The van der Waals surface area contributed by atoms with E-state index in [0.29, 0.717) is 18.4 Å². The molecule has 1 fully saturated rings. The number of nitrogens with zero attached hydrogens (tertiary/aromatic N) is 1. The fourth-order valence-electron chi connectivity index (χ4n) is 2.96. The first-order valence-corrected chi connectivity index (χ1v) is 7.40. The Morgan fingerprint density at radius 2 is 2.17 bits per heavy atom. The number of carbonyl (C=O) groups is 1. The minimum Gasteiger partial charge on any atom is -0.396 e. The van der Waals surface area contributed by atoms with Crippen LogP contribution >= 0.6 is 0 Å². The van der Waals surface area contributed by atoms with Crippen LogP contribution < -0.4 is 5.56 Å². The van der Waals surface area contributed by atoms with Crippen molar-refractivity contribution in [1.82, 2.24) is 9.88 Å². The van der Waals surface area contributed by atoms with Crippen LogP contribution in [-0.2, 0) is 0 Å². The lowest BCUT2D eigenvalue weighted by Crippen LogP contribution is -2.47. The van der Waals surface area contributed by atoms with Crippen LogP contribution in [0.1, 0.15) is 16.8 Å². The molecule has 2 heterocycles. The van der Waals surface area contributed by atoms with E-state index in [1.807, 2.05) is 0 Å². The molecule has 122 valence electrons. The summed E-state index contributed by atoms with van der Waals surface area (Å²) in [5.74, 6) is -1.14. The van der Waals surface area contributed by atoms with E-state index in [2.05, 4.69) is 4.98 Å². The maximum atomic E-state index is 13.3. The summed E-state index contributed by atoms with van der Waals surface area (Å²) in [5.41, 5.74) is -0.0534. The van der Waals surface area contributed by atoms with E-state index >= 15 is 0 Å². The number of amides is 1. The molecule has 7 heteroatoms. The van der Waals surface area contributed by atoms with Gasteiger partial charge >= 0.3 is 0 Å². The summed E-state index contributed by atoms with van der Waals surface area (Å²) in [7, 11) is 0. The quantitative estimate of drug-likeness (QED) is 0.750. The number of aromatic nitrogens is 1. The van der Waals surface area contributed by atoms with Gasteiger partial charge < -0.3 is 20.1 Å². The zero-order valence-electron chi connectivity index (χ0n) is 12.3. The Hall–Kier alpha value is -2.25. The lowest BCUT2D eigenvalue weighted by atomic mass is 9.94. The number of hydrogen-bond donors (Lipinski definition) is 3. The Morgan fingerprint density at radius 3 is 2.87 bits per heavy atom. The molecule has 2 atom stereocenters. The molecule has 0 spiro atoms. The number of fused-ring (bicyclic) bond motifs is 1. The van der Waals surface area contributed by atoms with Gasteiger partial charge in [0.2, 0.25) is 5.56 Å². The number of carbonyl (C=O) groups excluding carboxylic acids is 1. The molecule has 0 saturated carbocycles. The predicted octanol–water partition coefficient (Wildman–Crippen LogP) is 0.482. The van der Waals surface area contributed by atoms with Gasteiger partial charge in [0.15, 0.2) is 0 Å². The standard InChI is InChI=1S/C16H17FN2O4/c17-10-1-2-11-12(6-15(22)18-13(11)5-10)16(23)19-4-3-9(8-20)14(21)7-19/h1-2,5-6,9,14,20-21H,3-4,7-8H2,(H,18,22)/t9-,14-/m1/s1. The molecule has 1 aromatic heterocycles. The SMILES string of the molecule is O=C(c1cc(=O)[nH]c2cc(F)ccc12)N1CC[C@H](CO)[C@H](O)C1. The van der Waals surface area contributed by atoms with Crippen LogP contribution in [-0.4, -0.2) is 51.8 Å². The summed E-state index contributed by atoms with van der Waals surface area (Å²) in [6.45, 7) is 0.354.